The number of nitrogens with one attached hydrogen (secondary N) is 2. The molecule has 0 bridgehead atoms. The van der Waals surface area contributed by atoms with Crippen molar-refractivity contribution in [1.29, 1.82) is 0 Å². The molecule has 4 N–H and O–H groups in total. The predicted molar refractivity (Wildman–Crippen MR) is 139 cm³/mol. The van der Waals surface area contributed by atoms with Crippen LogP contribution >= 0.6 is 0 Å². The van der Waals surface area contributed by atoms with Crippen molar-refractivity contribution in [3.8, 4) is 11.5 Å². The van der Waals surface area contributed by atoms with Crippen molar-refractivity contribution in [3.05, 3.63) is 71.8 Å². The Labute approximate surface area is 215 Å². The van der Waals surface area contributed by atoms with Gasteiger partial charge in [0.25, 0.3) is 0 Å². The summed E-state index contributed by atoms with van der Waals surface area (Å²) in [5.74, 6) is -1.26. The molecule has 1 atom stereocenters. The molecule has 4 rings (SSSR count). The molecule has 1 aliphatic heterocycles. The maximum atomic E-state index is 13.8. The van der Waals surface area contributed by atoms with Gasteiger partial charge in [0.1, 0.15) is 6.04 Å². The lowest BCUT2D eigenvalue weighted by molar-refractivity contribution is -0.136. The lowest BCUT2D eigenvalue weighted by Crippen LogP contribution is -2.52. The third-order valence-corrected chi connectivity index (χ3v) is 6.55. The molecule has 1 saturated heterocycles. The molecular weight excluding hydrogens is 474 g/mol. The number of urea groups is 1. The number of amides is 4. The normalized spacial score (nSPS) is 17.0. The Balaban J connectivity index is 1.67. The average Bonchev–Trinajstić information content (AvgIpc) is 2.95. The van der Waals surface area contributed by atoms with Gasteiger partial charge in [-0.05, 0) is 34.0 Å². The highest BCUT2D eigenvalue weighted by Crippen LogP contribution is 2.26. The van der Waals surface area contributed by atoms with Gasteiger partial charge in [-0.3, -0.25) is 14.6 Å². The summed E-state index contributed by atoms with van der Waals surface area (Å²) in [6.07, 6.45) is 0.121. The van der Waals surface area contributed by atoms with Crippen molar-refractivity contribution >= 4 is 28.6 Å². The summed E-state index contributed by atoms with van der Waals surface area (Å²) >= 11 is 0. The molecule has 0 aliphatic carbocycles. The van der Waals surface area contributed by atoms with Crippen LogP contribution in [0.4, 0.5) is 4.79 Å². The van der Waals surface area contributed by atoms with Gasteiger partial charge in [0.15, 0.2) is 11.5 Å². The summed E-state index contributed by atoms with van der Waals surface area (Å²) in [7, 11) is 3.08. The van der Waals surface area contributed by atoms with Gasteiger partial charge in [-0.2, -0.15) is 0 Å². The summed E-state index contributed by atoms with van der Waals surface area (Å²) in [6.45, 7) is 0.734. The van der Waals surface area contributed by atoms with E-state index in [1.165, 1.54) is 24.2 Å². The fourth-order valence-corrected chi connectivity index (χ4v) is 4.52. The van der Waals surface area contributed by atoms with Crippen molar-refractivity contribution in [1.82, 2.24) is 25.6 Å². The maximum Gasteiger partial charge on any atom is 0.331 e. The van der Waals surface area contributed by atoms with Crippen LogP contribution in [0, 0.1) is 0 Å². The van der Waals surface area contributed by atoms with E-state index in [0.717, 1.165) is 16.3 Å². The predicted octanol–water partition coefficient (Wildman–Crippen LogP) is 1.81. The second-order valence-corrected chi connectivity index (χ2v) is 9.01. The Bertz CT molecular complexity index is 1310. The summed E-state index contributed by atoms with van der Waals surface area (Å²) < 4.78 is 0. The number of hydrogen-bond acceptors (Lipinski definition) is 6. The minimum absolute atomic E-state index is 0.114. The first-order valence-electron chi connectivity index (χ1n) is 12.0. The van der Waals surface area contributed by atoms with Crippen LogP contribution in [-0.4, -0.2) is 82.7 Å². The third kappa shape index (κ3) is 5.92. The summed E-state index contributed by atoms with van der Waals surface area (Å²) in [5.41, 5.74) is 1.54. The van der Waals surface area contributed by atoms with Gasteiger partial charge in [0.2, 0.25) is 11.8 Å². The SMILES string of the molecule is CNC(=O)N(C)N1CCN(Cc2cccc3ccccc23)C(=O)[C@H](Cc2ccc(O)c(O)c2)NC(=O)C1. The Morgan fingerprint density at radius 3 is 2.57 bits per heavy atom. The second-order valence-electron chi connectivity index (χ2n) is 9.01. The molecule has 0 radical (unpaired) electrons. The van der Waals surface area contributed by atoms with Gasteiger partial charge in [0, 0.05) is 40.2 Å². The Hall–Kier alpha value is -4.31. The molecule has 0 saturated carbocycles. The first-order chi connectivity index (χ1) is 17.8. The molecule has 0 unspecified atom stereocenters. The molecule has 1 aliphatic rings. The number of fused-ring (bicyclic) bond motifs is 1. The van der Waals surface area contributed by atoms with E-state index in [-0.39, 0.29) is 49.5 Å². The highest BCUT2D eigenvalue weighted by Gasteiger charge is 2.31. The average molecular weight is 506 g/mol. The molecule has 1 fully saturated rings. The molecule has 4 amide bonds. The van der Waals surface area contributed by atoms with Crippen LogP contribution in [0.25, 0.3) is 10.8 Å². The van der Waals surface area contributed by atoms with Gasteiger partial charge in [0.05, 0.1) is 6.54 Å². The zero-order chi connectivity index (χ0) is 26.5. The van der Waals surface area contributed by atoms with E-state index in [2.05, 4.69) is 10.6 Å². The van der Waals surface area contributed by atoms with E-state index in [0.29, 0.717) is 12.1 Å². The number of hydrogen-bond donors (Lipinski definition) is 4. The molecule has 37 heavy (non-hydrogen) atoms. The molecule has 194 valence electrons. The molecular formula is C27H31N5O5. The molecule has 0 aromatic heterocycles. The van der Waals surface area contributed by atoms with Crippen LogP contribution < -0.4 is 10.6 Å². The standard InChI is InChI=1S/C27H31N5O5/c1-28-27(37)30(2)32-13-12-31(16-20-8-5-7-19-6-3-4-9-21(19)20)26(36)22(29-25(35)17-32)14-18-10-11-23(33)24(34)15-18/h3-11,15,22,33-34H,12-14,16-17H2,1-2H3,(H,28,37)(H,29,35)/t22-/m0/s1. The van der Waals surface area contributed by atoms with Crippen LogP contribution in [0.3, 0.4) is 0 Å². The molecule has 3 aromatic carbocycles. The Morgan fingerprint density at radius 2 is 1.81 bits per heavy atom. The number of phenols is 2. The minimum atomic E-state index is -0.906. The topological polar surface area (TPSA) is 125 Å². The highest BCUT2D eigenvalue weighted by atomic mass is 16.3. The zero-order valence-electron chi connectivity index (χ0n) is 20.8. The van der Waals surface area contributed by atoms with Gasteiger partial charge in [-0.1, -0.05) is 48.5 Å². The van der Waals surface area contributed by atoms with E-state index >= 15 is 0 Å². The van der Waals surface area contributed by atoms with Crippen molar-refractivity contribution in [2.24, 2.45) is 0 Å². The van der Waals surface area contributed by atoms with Crippen LogP contribution in [0.15, 0.2) is 60.7 Å². The summed E-state index contributed by atoms with van der Waals surface area (Å²) in [6, 6.07) is 16.9. The number of phenolic OH excluding ortho intramolecular Hbond substituents is 2. The largest absolute Gasteiger partial charge is 0.504 e. The van der Waals surface area contributed by atoms with Crippen molar-refractivity contribution in [2.45, 2.75) is 19.0 Å². The Morgan fingerprint density at radius 1 is 1.05 bits per heavy atom. The quantitative estimate of drug-likeness (QED) is 0.392. The molecule has 10 nitrogen and oxygen atoms in total. The smallest absolute Gasteiger partial charge is 0.331 e. The van der Waals surface area contributed by atoms with Crippen LogP contribution in [0.2, 0.25) is 0 Å². The van der Waals surface area contributed by atoms with Crippen LogP contribution in [0.5, 0.6) is 11.5 Å². The number of hydrazine groups is 1. The molecule has 3 aromatic rings. The van der Waals surface area contributed by atoms with Crippen molar-refractivity contribution < 1.29 is 24.6 Å². The van der Waals surface area contributed by atoms with Gasteiger partial charge >= 0.3 is 6.03 Å². The second kappa shape index (κ2) is 11.2. The lowest BCUT2D eigenvalue weighted by atomic mass is 10.0. The summed E-state index contributed by atoms with van der Waals surface area (Å²) in [5, 5.41) is 30.0. The third-order valence-electron chi connectivity index (χ3n) is 6.55. The van der Waals surface area contributed by atoms with Crippen molar-refractivity contribution in [3.63, 3.8) is 0 Å². The van der Waals surface area contributed by atoms with E-state index < -0.39 is 11.9 Å². The maximum absolute atomic E-state index is 13.8. The van der Waals surface area contributed by atoms with E-state index in [1.807, 2.05) is 42.5 Å². The van der Waals surface area contributed by atoms with Gasteiger partial charge < -0.3 is 25.7 Å². The number of aromatic hydroxyl groups is 2. The number of carbonyl (C=O) groups excluding carboxylic acids is 3. The van der Waals surface area contributed by atoms with E-state index in [1.54, 1.807) is 23.0 Å². The molecule has 0 spiro atoms. The van der Waals surface area contributed by atoms with Crippen LogP contribution in [0.1, 0.15) is 11.1 Å². The van der Waals surface area contributed by atoms with Gasteiger partial charge in [-0.15, -0.1) is 0 Å². The van der Waals surface area contributed by atoms with E-state index in [9.17, 15) is 24.6 Å². The van der Waals surface area contributed by atoms with E-state index in [4.69, 9.17) is 0 Å². The minimum Gasteiger partial charge on any atom is -0.504 e. The first-order valence-corrected chi connectivity index (χ1v) is 12.0. The van der Waals surface area contributed by atoms with Crippen LogP contribution in [-0.2, 0) is 22.6 Å². The van der Waals surface area contributed by atoms with Gasteiger partial charge in [-0.25, -0.2) is 9.80 Å². The molecule has 10 heteroatoms. The number of rotatable bonds is 5. The van der Waals surface area contributed by atoms with Crippen molar-refractivity contribution in [2.75, 3.05) is 33.7 Å². The first kappa shape index (κ1) is 25.8. The zero-order valence-corrected chi connectivity index (χ0v) is 20.8. The highest BCUT2D eigenvalue weighted by molar-refractivity contribution is 5.90. The lowest BCUT2D eigenvalue weighted by Gasteiger charge is -2.32. The molecule has 1 heterocycles. The monoisotopic (exact) mass is 505 g/mol. The number of carbonyl (C=O) groups is 3. The number of benzene rings is 3. The fourth-order valence-electron chi connectivity index (χ4n) is 4.52. The summed E-state index contributed by atoms with van der Waals surface area (Å²) in [4.78, 5) is 40.7. The number of nitrogens with zero attached hydrogens (tertiary/aromatic N) is 3. The fraction of sp³-hybridized carbons (Fsp3) is 0.296. The Kier molecular flexibility index (Phi) is 7.78.